The molecule has 3 heterocycles. The second-order valence-electron chi connectivity index (χ2n) is 7.39. The van der Waals surface area contributed by atoms with Gasteiger partial charge in [0.2, 0.25) is 5.91 Å². The van der Waals surface area contributed by atoms with Crippen LogP contribution in [0.3, 0.4) is 0 Å². The van der Waals surface area contributed by atoms with E-state index in [9.17, 15) is 9.59 Å². The van der Waals surface area contributed by atoms with Crippen LogP contribution in [0.5, 0.6) is 0 Å². The molecule has 1 saturated heterocycles. The molecule has 0 saturated carbocycles. The number of carbonyl (C=O) groups is 1. The highest BCUT2D eigenvalue weighted by Gasteiger charge is 2.26. The van der Waals surface area contributed by atoms with Crippen LogP contribution in [0, 0.1) is 6.92 Å². The Hall–Kier alpha value is -3.35. The van der Waals surface area contributed by atoms with E-state index in [4.69, 9.17) is 0 Å². The Morgan fingerprint density at radius 1 is 1.28 bits per heavy atom. The molecular weight excluding hydrogens is 366 g/mol. The number of aryl methyl sites for hydroxylation is 1. The molecule has 1 N–H and O–H groups in total. The quantitative estimate of drug-likeness (QED) is 0.740. The van der Waals surface area contributed by atoms with E-state index in [1.807, 2.05) is 36.1 Å². The molecule has 1 unspecified atom stereocenters. The Balaban J connectivity index is 1.53. The van der Waals surface area contributed by atoms with Crippen molar-refractivity contribution >= 4 is 5.91 Å². The number of carbonyl (C=O) groups excluding carboxylic acids is 1. The van der Waals surface area contributed by atoms with Crippen LogP contribution in [0.25, 0.3) is 11.5 Å². The van der Waals surface area contributed by atoms with Gasteiger partial charge >= 0.3 is 0 Å². The van der Waals surface area contributed by atoms with Crippen LogP contribution in [-0.4, -0.2) is 43.8 Å². The molecule has 1 atom stereocenters. The van der Waals surface area contributed by atoms with E-state index in [0.29, 0.717) is 30.2 Å². The molecule has 1 aliphatic heterocycles. The van der Waals surface area contributed by atoms with Crippen molar-refractivity contribution in [2.75, 3.05) is 13.1 Å². The van der Waals surface area contributed by atoms with Crippen LogP contribution in [0.4, 0.5) is 0 Å². The van der Waals surface area contributed by atoms with Gasteiger partial charge in [0.05, 0.1) is 18.3 Å². The van der Waals surface area contributed by atoms with Crippen molar-refractivity contribution in [3.05, 3.63) is 76.1 Å². The topological polar surface area (TPSA) is 91.8 Å². The molecular formula is C22H23N5O2. The van der Waals surface area contributed by atoms with Crippen molar-refractivity contribution in [1.82, 2.24) is 24.8 Å². The van der Waals surface area contributed by atoms with Gasteiger partial charge in [-0.15, -0.1) is 0 Å². The molecule has 3 aromatic rings. The van der Waals surface area contributed by atoms with Crippen LogP contribution in [0.15, 0.2) is 53.7 Å². The first-order valence-corrected chi connectivity index (χ1v) is 9.80. The molecule has 0 spiro atoms. The lowest BCUT2D eigenvalue weighted by molar-refractivity contribution is -0.131. The Bertz CT molecular complexity index is 1060. The number of amides is 1. The van der Waals surface area contributed by atoms with Crippen LogP contribution in [-0.2, 0) is 11.2 Å². The van der Waals surface area contributed by atoms with E-state index in [1.54, 1.807) is 18.6 Å². The first kappa shape index (κ1) is 19.0. The number of hydrogen-bond donors (Lipinski definition) is 1. The smallest absolute Gasteiger partial charge is 0.251 e. The zero-order chi connectivity index (χ0) is 20.2. The summed E-state index contributed by atoms with van der Waals surface area (Å²) in [6.07, 6.45) is 6.89. The minimum atomic E-state index is -0.223. The largest absolute Gasteiger partial charge is 0.342 e. The minimum Gasteiger partial charge on any atom is -0.342 e. The van der Waals surface area contributed by atoms with Gasteiger partial charge in [-0.2, -0.15) is 0 Å². The number of hydrogen-bond acceptors (Lipinski definition) is 5. The van der Waals surface area contributed by atoms with E-state index in [0.717, 1.165) is 30.5 Å². The zero-order valence-corrected chi connectivity index (χ0v) is 16.3. The third kappa shape index (κ3) is 4.39. The fourth-order valence-electron chi connectivity index (χ4n) is 3.76. The second-order valence-corrected chi connectivity index (χ2v) is 7.39. The maximum absolute atomic E-state index is 12.9. The normalized spacial score (nSPS) is 16.6. The number of aromatic amines is 1. The summed E-state index contributed by atoms with van der Waals surface area (Å²) in [6.45, 7) is 3.33. The molecule has 1 fully saturated rings. The maximum Gasteiger partial charge on any atom is 0.251 e. The first-order chi connectivity index (χ1) is 14.1. The SMILES string of the molecule is Cc1ccccc1CC(=O)N1CCCC(c2cc(=O)[nH]c(-c3cnccn3)n2)C1. The van der Waals surface area contributed by atoms with Gasteiger partial charge < -0.3 is 9.88 Å². The number of nitrogens with one attached hydrogen (secondary N) is 1. The van der Waals surface area contributed by atoms with Crippen molar-refractivity contribution in [3.8, 4) is 11.5 Å². The van der Waals surface area contributed by atoms with Gasteiger partial charge in [0, 0.05) is 37.5 Å². The van der Waals surface area contributed by atoms with Crippen molar-refractivity contribution in [3.63, 3.8) is 0 Å². The summed E-state index contributed by atoms with van der Waals surface area (Å²) in [4.78, 5) is 42.6. The fraction of sp³-hybridized carbons (Fsp3) is 0.318. The number of benzene rings is 1. The number of nitrogens with zero attached hydrogens (tertiary/aromatic N) is 4. The highest BCUT2D eigenvalue weighted by molar-refractivity contribution is 5.79. The van der Waals surface area contributed by atoms with E-state index in [2.05, 4.69) is 19.9 Å². The Kier molecular flexibility index (Phi) is 5.46. The highest BCUT2D eigenvalue weighted by Crippen LogP contribution is 2.26. The van der Waals surface area contributed by atoms with Gasteiger partial charge in [0.25, 0.3) is 5.56 Å². The monoisotopic (exact) mass is 389 g/mol. The summed E-state index contributed by atoms with van der Waals surface area (Å²) in [5.74, 6) is 0.550. The molecule has 4 rings (SSSR count). The third-order valence-electron chi connectivity index (χ3n) is 5.36. The fourth-order valence-corrected chi connectivity index (χ4v) is 3.76. The third-order valence-corrected chi connectivity index (χ3v) is 5.36. The van der Waals surface area contributed by atoms with Gasteiger partial charge in [-0.05, 0) is 30.9 Å². The summed E-state index contributed by atoms with van der Waals surface area (Å²) in [5, 5.41) is 0. The minimum absolute atomic E-state index is 0.0299. The van der Waals surface area contributed by atoms with E-state index in [-0.39, 0.29) is 17.4 Å². The van der Waals surface area contributed by atoms with Gasteiger partial charge in [-0.3, -0.25) is 14.6 Å². The summed E-state index contributed by atoms with van der Waals surface area (Å²) in [6, 6.07) is 9.49. The molecule has 7 nitrogen and oxygen atoms in total. The molecule has 1 aliphatic rings. The van der Waals surface area contributed by atoms with E-state index >= 15 is 0 Å². The number of aromatic nitrogens is 4. The van der Waals surface area contributed by atoms with Crippen molar-refractivity contribution in [2.24, 2.45) is 0 Å². The summed E-state index contributed by atoms with van der Waals surface area (Å²) in [5.41, 5.74) is 3.18. The average molecular weight is 389 g/mol. The Morgan fingerprint density at radius 3 is 2.93 bits per heavy atom. The molecule has 0 aliphatic carbocycles. The second kappa shape index (κ2) is 8.34. The molecule has 2 aromatic heterocycles. The molecule has 0 radical (unpaired) electrons. The summed E-state index contributed by atoms with van der Waals surface area (Å²) < 4.78 is 0. The van der Waals surface area contributed by atoms with E-state index < -0.39 is 0 Å². The lowest BCUT2D eigenvalue weighted by Crippen LogP contribution is -2.40. The summed E-state index contributed by atoms with van der Waals surface area (Å²) >= 11 is 0. The molecule has 148 valence electrons. The maximum atomic E-state index is 12.9. The highest BCUT2D eigenvalue weighted by atomic mass is 16.2. The standard InChI is InChI=1S/C22H23N5O2/c1-15-5-2-3-6-16(15)11-21(29)27-10-4-7-17(14-27)18-12-20(28)26-22(25-18)19-13-23-8-9-24-19/h2-3,5-6,8-9,12-13,17H,4,7,10-11,14H2,1H3,(H,25,26,28). The van der Waals surface area contributed by atoms with Gasteiger partial charge in [0.1, 0.15) is 5.69 Å². The molecule has 29 heavy (non-hydrogen) atoms. The zero-order valence-electron chi connectivity index (χ0n) is 16.3. The number of rotatable bonds is 4. The molecule has 1 amide bonds. The first-order valence-electron chi connectivity index (χ1n) is 9.80. The summed E-state index contributed by atoms with van der Waals surface area (Å²) in [7, 11) is 0. The van der Waals surface area contributed by atoms with E-state index in [1.165, 1.54) is 6.07 Å². The van der Waals surface area contributed by atoms with Crippen LogP contribution < -0.4 is 5.56 Å². The van der Waals surface area contributed by atoms with Crippen LogP contribution >= 0.6 is 0 Å². The predicted octanol–water partition coefficient (Wildman–Crippen LogP) is 2.48. The molecule has 0 bridgehead atoms. The predicted molar refractivity (Wildman–Crippen MR) is 109 cm³/mol. The molecule has 1 aromatic carbocycles. The van der Waals surface area contributed by atoms with Crippen molar-refractivity contribution < 1.29 is 4.79 Å². The lowest BCUT2D eigenvalue weighted by atomic mass is 9.93. The van der Waals surface area contributed by atoms with Gasteiger partial charge in [0.15, 0.2) is 5.82 Å². The number of likely N-dealkylation sites (tertiary alicyclic amines) is 1. The van der Waals surface area contributed by atoms with Crippen LogP contribution in [0.2, 0.25) is 0 Å². The lowest BCUT2D eigenvalue weighted by Gasteiger charge is -2.32. The van der Waals surface area contributed by atoms with Crippen molar-refractivity contribution in [1.29, 1.82) is 0 Å². The number of piperidine rings is 1. The van der Waals surface area contributed by atoms with Crippen LogP contribution in [0.1, 0.15) is 35.6 Å². The van der Waals surface area contributed by atoms with Gasteiger partial charge in [-0.1, -0.05) is 24.3 Å². The van der Waals surface area contributed by atoms with Crippen molar-refractivity contribution in [2.45, 2.75) is 32.1 Å². The molecule has 7 heteroatoms. The van der Waals surface area contributed by atoms with Gasteiger partial charge in [-0.25, -0.2) is 9.97 Å². The average Bonchev–Trinajstić information content (AvgIpc) is 2.75. The Labute approximate surface area is 168 Å². The number of H-pyrrole nitrogens is 1. The Morgan fingerprint density at radius 2 is 2.14 bits per heavy atom.